The molecule has 0 spiro atoms. The van der Waals surface area contributed by atoms with Crippen LogP contribution in [0.4, 0.5) is 0 Å². The number of nitrogens with one attached hydrogen (secondary N) is 2. The average Bonchev–Trinajstić information content (AvgIpc) is 2.34. The Bertz CT molecular complexity index is 436. The maximum atomic E-state index is 12.2. The second kappa shape index (κ2) is 8.10. The fourth-order valence-corrected chi connectivity index (χ4v) is 3.44. The van der Waals surface area contributed by atoms with Gasteiger partial charge in [-0.2, -0.15) is 0 Å². The molecule has 1 rings (SSSR count). The Kier molecular flexibility index (Phi) is 7.09. The van der Waals surface area contributed by atoms with Gasteiger partial charge in [0.15, 0.2) is 0 Å². The van der Waals surface area contributed by atoms with E-state index in [1.54, 1.807) is 0 Å². The lowest BCUT2D eigenvalue weighted by Crippen LogP contribution is -2.49. The van der Waals surface area contributed by atoms with Gasteiger partial charge in [-0.3, -0.25) is 4.79 Å². The quantitative estimate of drug-likeness (QED) is 0.641. The lowest BCUT2D eigenvalue weighted by molar-refractivity contribution is -0.123. The van der Waals surface area contributed by atoms with Gasteiger partial charge in [0.05, 0.1) is 12.4 Å². The fourth-order valence-electron chi connectivity index (χ4n) is 2.72. The molecule has 0 heterocycles. The first-order valence-electron chi connectivity index (χ1n) is 7.62. The van der Waals surface area contributed by atoms with Crippen molar-refractivity contribution in [1.29, 1.82) is 0 Å². The largest absolute Gasteiger partial charge is 0.393 e. The first kappa shape index (κ1) is 18.4. The predicted octanol–water partition coefficient (Wildman–Crippen LogP) is 0.618. The summed E-state index contributed by atoms with van der Waals surface area (Å²) in [6, 6.07) is -0.749. The third-order valence-electron chi connectivity index (χ3n) is 3.79. The molecular formula is C14H28N2O4S. The predicted molar refractivity (Wildman–Crippen MR) is 82.2 cm³/mol. The zero-order valence-corrected chi connectivity index (χ0v) is 13.9. The molecule has 1 amide bonds. The minimum absolute atomic E-state index is 0.0700. The van der Waals surface area contributed by atoms with E-state index in [1.165, 1.54) is 0 Å². The molecule has 0 bridgehead atoms. The topological polar surface area (TPSA) is 95.5 Å². The van der Waals surface area contributed by atoms with Crippen LogP contribution in [0.25, 0.3) is 0 Å². The van der Waals surface area contributed by atoms with Crippen LogP contribution in [0.15, 0.2) is 0 Å². The van der Waals surface area contributed by atoms with Crippen LogP contribution >= 0.6 is 0 Å². The number of sulfonamides is 1. The van der Waals surface area contributed by atoms with Gasteiger partial charge in [-0.25, -0.2) is 13.1 Å². The van der Waals surface area contributed by atoms with Crippen molar-refractivity contribution in [3.63, 3.8) is 0 Å². The van der Waals surface area contributed by atoms with Gasteiger partial charge in [0.2, 0.25) is 15.9 Å². The third kappa shape index (κ3) is 7.24. The second-order valence-corrected chi connectivity index (χ2v) is 8.21. The molecule has 0 aliphatic heterocycles. The summed E-state index contributed by atoms with van der Waals surface area (Å²) in [5.74, 6) is -0.0391. The molecule has 0 aromatic heterocycles. The molecule has 3 unspecified atom stereocenters. The number of aliphatic hydroxyl groups is 1. The summed E-state index contributed by atoms with van der Waals surface area (Å²) >= 11 is 0. The number of amides is 1. The van der Waals surface area contributed by atoms with Crippen LogP contribution in [-0.4, -0.2) is 44.4 Å². The van der Waals surface area contributed by atoms with Crippen molar-refractivity contribution in [2.75, 3.05) is 12.8 Å². The second-order valence-electron chi connectivity index (χ2n) is 6.43. The highest BCUT2D eigenvalue weighted by Crippen LogP contribution is 2.23. The van der Waals surface area contributed by atoms with Crippen LogP contribution in [0.3, 0.4) is 0 Å². The maximum absolute atomic E-state index is 12.2. The van der Waals surface area contributed by atoms with E-state index >= 15 is 0 Å². The van der Waals surface area contributed by atoms with Gasteiger partial charge in [0, 0.05) is 12.5 Å². The molecule has 0 saturated heterocycles. The number of aliphatic hydroxyl groups excluding tert-OH is 1. The molecule has 6 nitrogen and oxygen atoms in total. The van der Waals surface area contributed by atoms with Gasteiger partial charge < -0.3 is 10.4 Å². The van der Waals surface area contributed by atoms with Crippen molar-refractivity contribution in [1.82, 2.24) is 10.0 Å². The lowest BCUT2D eigenvalue weighted by atomic mass is 9.86. The van der Waals surface area contributed by atoms with Gasteiger partial charge in [-0.15, -0.1) is 0 Å². The van der Waals surface area contributed by atoms with Crippen molar-refractivity contribution < 1.29 is 18.3 Å². The monoisotopic (exact) mass is 320 g/mol. The number of hydrogen-bond acceptors (Lipinski definition) is 4. The normalized spacial score (nSPS) is 24.8. The van der Waals surface area contributed by atoms with E-state index in [4.69, 9.17) is 0 Å². The zero-order chi connectivity index (χ0) is 16.0. The molecule has 0 radical (unpaired) electrons. The van der Waals surface area contributed by atoms with E-state index in [-0.39, 0.29) is 23.8 Å². The Labute approximate surface area is 127 Å². The minimum Gasteiger partial charge on any atom is -0.393 e. The van der Waals surface area contributed by atoms with Crippen LogP contribution < -0.4 is 10.0 Å². The molecule has 124 valence electrons. The molecule has 0 aromatic carbocycles. The Morgan fingerprint density at radius 1 is 1.29 bits per heavy atom. The molecule has 1 aliphatic carbocycles. The molecule has 1 fully saturated rings. The molecule has 0 aromatic rings. The Hall–Kier alpha value is -0.660. The Morgan fingerprint density at radius 3 is 2.43 bits per heavy atom. The highest BCUT2D eigenvalue weighted by Gasteiger charge is 2.26. The molecule has 3 N–H and O–H groups in total. The summed E-state index contributed by atoms with van der Waals surface area (Å²) in [5, 5.41) is 12.7. The van der Waals surface area contributed by atoms with Crippen molar-refractivity contribution >= 4 is 15.9 Å². The SMILES string of the molecule is CC(C)CC(NS(C)(=O)=O)C(=O)NCC1CCCCC1O. The van der Waals surface area contributed by atoms with Crippen molar-refractivity contribution in [3.8, 4) is 0 Å². The average molecular weight is 320 g/mol. The highest BCUT2D eigenvalue weighted by molar-refractivity contribution is 7.88. The van der Waals surface area contributed by atoms with E-state index in [0.717, 1.165) is 31.9 Å². The molecular weight excluding hydrogens is 292 g/mol. The smallest absolute Gasteiger partial charge is 0.238 e. The first-order chi connectivity index (χ1) is 9.69. The number of rotatable bonds is 7. The summed E-state index contributed by atoms with van der Waals surface area (Å²) in [6.45, 7) is 4.28. The van der Waals surface area contributed by atoms with Crippen molar-refractivity contribution in [3.05, 3.63) is 0 Å². The molecule has 1 aliphatic rings. The summed E-state index contributed by atoms with van der Waals surface area (Å²) in [6.07, 6.45) is 4.90. The van der Waals surface area contributed by atoms with E-state index < -0.39 is 16.1 Å². The van der Waals surface area contributed by atoms with Crippen LogP contribution in [0, 0.1) is 11.8 Å². The standard InChI is InChI=1S/C14H28N2O4S/c1-10(2)8-12(16-21(3,19)20)14(18)15-9-11-6-4-5-7-13(11)17/h10-13,16-17H,4-9H2,1-3H3,(H,15,18). The zero-order valence-electron chi connectivity index (χ0n) is 13.1. The number of carbonyl (C=O) groups excluding carboxylic acids is 1. The summed E-state index contributed by atoms with van der Waals surface area (Å²) < 4.78 is 25.1. The van der Waals surface area contributed by atoms with Crippen LogP contribution in [0.5, 0.6) is 0 Å². The maximum Gasteiger partial charge on any atom is 0.238 e. The van der Waals surface area contributed by atoms with Crippen molar-refractivity contribution in [2.24, 2.45) is 11.8 Å². The van der Waals surface area contributed by atoms with Gasteiger partial charge in [-0.05, 0) is 25.2 Å². The molecule has 7 heteroatoms. The summed E-state index contributed by atoms with van der Waals surface area (Å²) in [7, 11) is -3.43. The van der Waals surface area contributed by atoms with Gasteiger partial charge >= 0.3 is 0 Å². The van der Waals surface area contributed by atoms with Gasteiger partial charge in [-0.1, -0.05) is 26.7 Å². The highest BCUT2D eigenvalue weighted by atomic mass is 32.2. The van der Waals surface area contributed by atoms with E-state index in [0.29, 0.717) is 13.0 Å². The Morgan fingerprint density at radius 2 is 1.90 bits per heavy atom. The summed E-state index contributed by atoms with van der Waals surface area (Å²) in [5.41, 5.74) is 0. The van der Waals surface area contributed by atoms with Crippen LogP contribution in [0.1, 0.15) is 46.0 Å². The van der Waals surface area contributed by atoms with E-state index in [1.807, 2.05) is 13.8 Å². The van der Waals surface area contributed by atoms with Crippen LogP contribution in [0.2, 0.25) is 0 Å². The molecule has 21 heavy (non-hydrogen) atoms. The number of carbonyl (C=O) groups is 1. The third-order valence-corrected chi connectivity index (χ3v) is 4.50. The number of hydrogen-bond donors (Lipinski definition) is 3. The van der Waals surface area contributed by atoms with Gasteiger partial charge in [0.1, 0.15) is 6.04 Å². The summed E-state index contributed by atoms with van der Waals surface area (Å²) in [4.78, 5) is 12.2. The lowest BCUT2D eigenvalue weighted by Gasteiger charge is -2.28. The minimum atomic E-state index is -3.43. The van der Waals surface area contributed by atoms with Crippen molar-refractivity contribution in [2.45, 2.75) is 58.1 Å². The van der Waals surface area contributed by atoms with Gasteiger partial charge in [0.25, 0.3) is 0 Å². The fraction of sp³-hybridized carbons (Fsp3) is 0.929. The van der Waals surface area contributed by atoms with E-state index in [9.17, 15) is 18.3 Å². The van der Waals surface area contributed by atoms with E-state index in [2.05, 4.69) is 10.0 Å². The van der Waals surface area contributed by atoms with Crippen LogP contribution in [-0.2, 0) is 14.8 Å². The molecule has 3 atom stereocenters. The first-order valence-corrected chi connectivity index (χ1v) is 9.51. The molecule has 1 saturated carbocycles. The Balaban J connectivity index is 2.55.